The van der Waals surface area contributed by atoms with Crippen LogP contribution in [-0.4, -0.2) is 39.5 Å². The molecule has 108 valence electrons. The van der Waals surface area contributed by atoms with Crippen LogP contribution in [0.4, 0.5) is 5.69 Å². The third kappa shape index (κ3) is 3.69. The van der Waals surface area contributed by atoms with Gasteiger partial charge >= 0.3 is 0 Å². The molecule has 0 spiro atoms. The second-order valence-corrected chi connectivity index (χ2v) is 7.78. The number of hydrogen-bond donors (Lipinski definition) is 1. The molecule has 1 rings (SSSR count). The zero-order chi connectivity index (χ0) is 14.8. The Balaban J connectivity index is 3.28. The molecule has 5 nitrogen and oxygen atoms in total. The van der Waals surface area contributed by atoms with Crippen LogP contribution in [0.25, 0.3) is 0 Å². The van der Waals surface area contributed by atoms with Gasteiger partial charge in [0.15, 0.2) is 0 Å². The molecule has 0 radical (unpaired) electrons. The van der Waals surface area contributed by atoms with Gasteiger partial charge in [-0.25, -0.2) is 8.42 Å². The number of hydrogen-bond acceptors (Lipinski definition) is 4. The zero-order valence-corrected chi connectivity index (χ0v) is 14.8. The van der Waals surface area contributed by atoms with Crippen LogP contribution in [0.3, 0.4) is 0 Å². The van der Waals surface area contributed by atoms with Crippen LogP contribution in [0.5, 0.6) is 0 Å². The molecule has 19 heavy (non-hydrogen) atoms. The van der Waals surface area contributed by atoms with Gasteiger partial charge in [-0.2, -0.15) is 4.31 Å². The standard InChI is InChI=1S/C11H16Br2N2O3S/c1-7(6-18-3)15(2)19(16,17)11-9(12)4-8(14)5-10(11)13/h4-5,7H,6,14H2,1-3H3. The Morgan fingerprint density at radius 2 is 1.84 bits per heavy atom. The number of sulfonamides is 1. The fourth-order valence-corrected chi connectivity index (χ4v) is 5.44. The number of nitrogens with zero attached hydrogens (tertiary/aromatic N) is 1. The van der Waals surface area contributed by atoms with Crippen LogP contribution in [0.1, 0.15) is 6.92 Å². The van der Waals surface area contributed by atoms with Crippen LogP contribution < -0.4 is 5.73 Å². The van der Waals surface area contributed by atoms with Crippen molar-refractivity contribution in [1.82, 2.24) is 4.31 Å². The van der Waals surface area contributed by atoms with Crippen molar-refractivity contribution < 1.29 is 13.2 Å². The van der Waals surface area contributed by atoms with Crippen LogP contribution in [0, 0.1) is 0 Å². The van der Waals surface area contributed by atoms with Gasteiger partial charge in [-0.05, 0) is 50.9 Å². The van der Waals surface area contributed by atoms with E-state index in [1.165, 1.54) is 18.5 Å². The lowest BCUT2D eigenvalue weighted by Gasteiger charge is -2.24. The largest absolute Gasteiger partial charge is 0.399 e. The van der Waals surface area contributed by atoms with Gasteiger partial charge in [0.1, 0.15) is 4.90 Å². The summed E-state index contributed by atoms with van der Waals surface area (Å²) in [5, 5.41) is 0. The van der Waals surface area contributed by atoms with Crippen molar-refractivity contribution in [3.8, 4) is 0 Å². The first-order chi connectivity index (χ1) is 8.71. The molecule has 0 heterocycles. The molecule has 0 bridgehead atoms. The molecule has 0 fully saturated rings. The monoisotopic (exact) mass is 414 g/mol. The highest BCUT2D eigenvalue weighted by atomic mass is 79.9. The van der Waals surface area contributed by atoms with Gasteiger partial charge < -0.3 is 10.5 Å². The minimum Gasteiger partial charge on any atom is -0.399 e. The molecule has 0 aliphatic rings. The minimum absolute atomic E-state index is 0.159. The van der Waals surface area contributed by atoms with Crippen LogP contribution in [-0.2, 0) is 14.8 Å². The molecule has 0 aliphatic heterocycles. The number of halogens is 2. The van der Waals surface area contributed by atoms with Crippen molar-refractivity contribution >= 4 is 47.6 Å². The Kier molecular flexibility index (Phi) is 5.81. The number of methoxy groups -OCH3 is 1. The van der Waals surface area contributed by atoms with Crippen LogP contribution in [0.2, 0.25) is 0 Å². The molecule has 1 aromatic rings. The lowest BCUT2D eigenvalue weighted by molar-refractivity contribution is 0.149. The van der Waals surface area contributed by atoms with Crippen molar-refractivity contribution in [2.75, 3.05) is 26.5 Å². The lowest BCUT2D eigenvalue weighted by atomic mass is 10.3. The predicted molar refractivity (Wildman–Crippen MR) is 82.5 cm³/mol. The number of likely N-dealkylation sites (N-methyl/N-ethyl adjacent to an activating group) is 1. The summed E-state index contributed by atoms with van der Waals surface area (Å²) in [6, 6.07) is 2.85. The van der Waals surface area contributed by atoms with Crippen LogP contribution >= 0.6 is 31.9 Å². The predicted octanol–water partition coefficient (Wildman–Crippen LogP) is 2.45. The fraction of sp³-hybridized carbons (Fsp3) is 0.455. The summed E-state index contributed by atoms with van der Waals surface area (Å²) in [7, 11) is -0.579. The molecule has 1 unspecified atom stereocenters. The average Bonchev–Trinajstić information content (AvgIpc) is 2.26. The van der Waals surface area contributed by atoms with E-state index in [1.807, 2.05) is 0 Å². The third-order valence-corrected chi connectivity index (χ3v) is 6.54. The van der Waals surface area contributed by atoms with E-state index in [2.05, 4.69) is 31.9 Å². The Morgan fingerprint density at radius 1 is 1.37 bits per heavy atom. The highest BCUT2D eigenvalue weighted by molar-refractivity contribution is 9.11. The van der Waals surface area contributed by atoms with Gasteiger partial charge in [-0.1, -0.05) is 0 Å². The molecule has 0 aliphatic carbocycles. The summed E-state index contributed by atoms with van der Waals surface area (Å²) >= 11 is 6.49. The maximum Gasteiger partial charge on any atom is 0.245 e. The van der Waals surface area contributed by atoms with Crippen molar-refractivity contribution in [3.63, 3.8) is 0 Å². The fourth-order valence-electron chi connectivity index (χ4n) is 1.55. The van der Waals surface area contributed by atoms with E-state index in [-0.39, 0.29) is 10.9 Å². The number of nitrogen functional groups attached to an aromatic ring is 1. The molecule has 0 saturated carbocycles. The van der Waals surface area contributed by atoms with E-state index in [1.54, 1.807) is 19.1 Å². The van der Waals surface area contributed by atoms with E-state index < -0.39 is 10.0 Å². The molecule has 0 amide bonds. The molecule has 0 saturated heterocycles. The molecule has 1 aromatic carbocycles. The Morgan fingerprint density at radius 3 is 2.26 bits per heavy atom. The molecule has 0 aromatic heterocycles. The van der Waals surface area contributed by atoms with Crippen molar-refractivity contribution in [3.05, 3.63) is 21.1 Å². The van der Waals surface area contributed by atoms with Crippen molar-refractivity contribution in [1.29, 1.82) is 0 Å². The Labute approximate surface area is 130 Å². The number of ether oxygens (including phenoxy) is 1. The molecular weight excluding hydrogens is 400 g/mol. The van der Waals surface area contributed by atoms with Crippen molar-refractivity contribution in [2.24, 2.45) is 0 Å². The Bertz CT molecular complexity index is 540. The first-order valence-corrected chi connectivity index (χ1v) is 8.46. The molecule has 2 N–H and O–H groups in total. The highest BCUT2D eigenvalue weighted by Gasteiger charge is 2.29. The van der Waals surface area contributed by atoms with E-state index in [4.69, 9.17) is 10.5 Å². The summed E-state index contributed by atoms with van der Waals surface area (Å²) < 4.78 is 32.3. The summed E-state index contributed by atoms with van der Waals surface area (Å²) in [5.74, 6) is 0. The minimum atomic E-state index is -3.63. The van der Waals surface area contributed by atoms with Gasteiger partial charge in [0.05, 0.1) is 6.61 Å². The van der Waals surface area contributed by atoms with Gasteiger partial charge in [0.25, 0.3) is 0 Å². The van der Waals surface area contributed by atoms with Gasteiger partial charge in [-0.15, -0.1) is 0 Å². The lowest BCUT2D eigenvalue weighted by Crippen LogP contribution is -2.38. The molecule has 8 heteroatoms. The van der Waals surface area contributed by atoms with E-state index >= 15 is 0 Å². The third-order valence-electron chi connectivity index (χ3n) is 2.69. The summed E-state index contributed by atoms with van der Waals surface area (Å²) in [4.78, 5) is 0.159. The molecular formula is C11H16Br2N2O3S. The maximum absolute atomic E-state index is 12.6. The van der Waals surface area contributed by atoms with E-state index in [0.717, 1.165) is 0 Å². The average molecular weight is 416 g/mol. The second kappa shape index (κ2) is 6.53. The quantitative estimate of drug-likeness (QED) is 0.749. The topological polar surface area (TPSA) is 72.6 Å². The summed E-state index contributed by atoms with van der Waals surface area (Å²) in [5.41, 5.74) is 6.14. The number of benzene rings is 1. The van der Waals surface area contributed by atoms with Gasteiger partial charge in [0, 0.05) is 34.8 Å². The van der Waals surface area contributed by atoms with Gasteiger partial charge in [-0.3, -0.25) is 0 Å². The molecule has 1 atom stereocenters. The van der Waals surface area contributed by atoms with Crippen molar-refractivity contribution in [2.45, 2.75) is 17.9 Å². The van der Waals surface area contributed by atoms with E-state index in [0.29, 0.717) is 21.2 Å². The SMILES string of the molecule is COCC(C)N(C)S(=O)(=O)c1c(Br)cc(N)cc1Br. The first kappa shape index (κ1) is 16.9. The smallest absolute Gasteiger partial charge is 0.245 e. The maximum atomic E-state index is 12.6. The number of nitrogens with two attached hydrogens (primary N) is 1. The summed E-state index contributed by atoms with van der Waals surface area (Å²) in [6.07, 6.45) is 0. The first-order valence-electron chi connectivity index (χ1n) is 5.43. The van der Waals surface area contributed by atoms with Gasteiger partial charge in [0.2, 0.25) is 10.0 Å². The Hall–Kier alpha value is -0.150. The highest BCUT2D eigenvalue weighted by Crippen LogP contribution is 2.34. The normalized spacial score (nSPS) is 13.8. The number of anilines is 1. The zero-order valence-electron chi connectivity index (χ0n) is 10.9. The summed E-state index contributed by atoms with van der Waals surface area (Å²) in [6.45, 7) is 2.10. The van der Waals surface area contributed by atoms with Crippen LogP contribution in [0.15, 0.2) is 26.0 Å². The number of rotatable bonds is 5. The second-order valence-electron chi connectivity index (χ2n) is 4.14. The van der Waals surface area contributed by atoms with E-state index in [9.17, 15) is 8.42 Å².